The molecule has 1 aromatic rings. The molecule has 2 aliphatic rings. The Morgan fingerprint density at radius 2 is 2.05 bits per heavy atom. The van der Waals surface area contributed by atoms with E-state index in [2.05, 4.69) is 34.3 Å². The highest BCUT2D eigenvalue weighted by Gasteiger charge is 2.29. The van der Waals surface area contributed by atoms with Gasteiger partial charge in [0.15, 0.2) is 0 Å². The van der Waals surface area contributed by atoms with Crippen molar-refractivity contribution in [2.24, 2.45) is 16.8 Å². The van der Waals surface area contributed by atoms with Crippen LogP contribution in [0.5, 0.6) is 0 Å². The molecule has 1 unspecified atom stereocenters. The van der Waals surface area contributed by atoms with Gasteiger partial charge in [-0.25, -0.2) is 0 Å². The smallest absolute Gasteiger partial charge is 0.142 e. The molecular formula is C15H21N3O. The Morgan fingerprint density at radius 3 is 2.74 bits per heavy atom. The molecule has 102 valence electrons. The number of nitrogens with two attached hydrogens (primary N) is 1. The molecule has 0 bridgehead atoms. The lowest BCUT2D eigenvalue weighted by Gasteiger charge is -2.38. The standard InChI is InChI=1S/C15H21N3O/c16-15(17-19)11-5-7-18(8-6-11)10-13-9-12-3-1-2-4-14(12)13/h1-4,11,13,19H,5-10H2,(H2,16,17). The molecule has 3 rings (SSSR count). The van der Waals surface area contributed by atoms with E-state index in [4.69, 9.17) is 10.9 Å². The molecule has 0 spiro atoms. The van der Waals surface area contributed by atoms with Crippen LogP contribution in [0.2, 0.25) is 0 Å². The van der Waals surface area contributed by atoms with Gasteiger partial charge in [0.2, 0.25) is 0 Å². The second-order valence-corrected chi connectivity index (χ2v) is 5.70. The average molecular weight is 259 g/mol. The van der Waals surface area contributed by atoms with Crippen LogP contribution in [0.25, 0.3) is 0 Å². The van der Waals surface area contributed by atoms with Crippen molar-refractivity contribution in [3.8, 4) is 0 Å². The van der Waals surface area contributed by atoms with Gasteiger partial charge in [-0.15, -0.1) is 0 Å². The SMILES string of the molecule is NC(=NO)C1CCN(CC2Cc3ccccc32)CC1. The summed E-state index contributed by atoms with van der Waals surface area (Å²) in [7, 11) is 0. The highest BCUT2D eigenvalue weighted by atomic mass is 16.4. The predicted molar refractivity (Wildman–Crippen MR) is 75.5 cm³/mol. The molecule has 1 aliphatic carbocycles. The van der Waals surface area contributed by atoms with Crippen LogP contribution in [-0.4, -0.2) is 35.6 Å². The van der Waals surface area contributed by atoms with Gasteiger partial charge in [-0.2, -0.15) is 0 Å². The summed E-state index contributed by atoms with van der Waals surface area (Å²) in [5.74, 6) is 1.36. The monoisotopic (exact) mass is 259 g/mol. The number of hydrogen-bond acceptors (Lipinski definition) is 3. The summed E-state index contributed by atoms with van der Waals surface area (Å²) in [5, 5.41) is 11.8. The zero-order chi connectivity index (χ0) is 13.2. The van der Waals surface area contributed by atoms with Crippen LogP contribution in [0.1, 0.15) is 29.9 Å². The molecule has 4 nitrogen and oxygen atoms in total. The first-order valence-corrected chi connectivity index (χ1v) is 7.05. The van der Waals surface area contributed by atoms with Crippen molar-refractivity contribution >= 4 is 5.84 Å². The Morgan fingerprint density at radius 1 is 1.32 bits per heavy atom. The van der Waals surface area contributed by atoms with Gasteiger partial charge < -0.3 is 15.8 Å². The summed E-state index contributed by atoms with van der Waals surface area (Å²) in [6.07, 6.45) is 3.23. The zero-order valence-corrected chi connectivity index (χ0v) is 11.1. The van der Waals surface area contributed by atoms with Crippen molar-refractivity contribution in [3.05, 3.63) is 35.4 Å². The zero-order valence-electron chi connectivity index (χ0n) is 11.1. The average Bonchev–Trinajstić information content (AvgIpc) is 2.44. The molecule has 4 heteroatoms. The molecule has 0 radical (unpaired) electrons. The molecular weight excluding hydrogens is 238 g/mol. The van der Waals surface area contributed by atoms with Crippen LogP contribution < -0.4 is 5.73 Å². The predicted octanol–water partition coefficient (Wildman–Crippen LogP) is 1.78. The summed E-state index contributed by atoms with van der Waals surface area (Å²) in [6, 6.07) is 8.75. The minimum atomic E-state index is 0.259. The van der Waals surface area contributed by atoms with Gasteiger partial charge in [0.1, 0.15) is 5.84 Å². The van der Waals surface area contributed by atoms with E-state index in [1.807, 2.05) is 0 Å². The van der Waals surface area contributed by atoms with Crippen molar-refractivity contribution < 1.29 is 5.21 Å². The van der Waals surface area contributed by atoms with E-state index in [0.717, 1.165) is 32.5 Å². The molecule has 0 aromatic heterocycles. The number of fused-ring (bicyclic) bond motifs is 1. The lowest BCUT2D eigenvalue weighted by atomic mass is 9.77. The lowest BCUT2D eigenvalue weighted by Crippen LogP contribution is -2.41. The molecule has 1 fully saturated rings. The highest BCUT2D eigenvalue weighted by Crippen LogP contribution is 2.35. The van der Waals surface area contributed by atoms with Crippen molar-refractivity contribution in [1.82, 2.24) is 4.90 Å². The van der Waals surface area contributed by atoms with Crippen LogP contribution in [0.3, 0.4) is 0 Å². The normalized spacial score (nSPS) is 24.8. The third kappa shape index (κ3) is 2.45. The molecule has 1 saturated heterocycles. The number of oxime groups is 1. The largest absolute Gasteiger partial charge is 0.409 e. The first-order chi connectivity index (χ1) is 9.28. The van der Waals surface area contributed by atoms with Gasteiger partial charge in [0, 0.05) is 18.4 Å². The van der Waals surface area contributed by atoms with Crippen molar-refractivity contribution in [2.75, 3.05) is 19.6 Å². The van der Waals surface area contributed by atoms with E-state index in [0.29, 0.717) is 11.8 Å². The number of benzene rings is 1. The van der Waals surface area contributed by atoms with E-state index >= 15 is 0 Å². The Kier molecular flexibility index (Phi) is 3.42. The van der Waals surface area contributed by atoms with Crippen molar-refractivity contribution in [2.45, 2.75) is 25.2 Å². The van der Waals surface area contributed by atoms with Gasteiger partial charge in [-0.1, -0.05) is 29.4 Å². The minimum Gasteiger partial charge on any atom is -0.409 e. The minimum absolute atomic E-state index is 0.259. The van der Waals surface area contributed by atoms with Gasteiger partial charge in [0.25, 0.3) is 0 Å². The second kappa shape index (κ2) is 5.21. The fourth-order valence-electron chi connectivity index (χ4n) is 3.33. The van der Waals surface area contributed by atoms with Crippen LogP contribution in [0.15, 0.2) is 29.4 Å². The maximum absolute atomic E-state index is 8.70. The van der Waals surface area contributed by atoms with E-state index in [1.54, 1.807) is 0 Å². The first-order valence-electron chi connectivity index (χ1n) is 7.05. The number of rotatable bonds is 3. The maximum Gasteiger partial charge on any atom is 0.142 e. The number of nitrogens with zero attached hydrogens (tertiary/aromatic N) is 2. The number of piperidine rings is 1. The molecule has 1 heterocycles. The molecule has 1 aliphatic heterocycles. The Labute approximate surface area is 113 Å². The van der Waals surface area contributed by atoms with Crippen LogP contribution in [-0.2, 0) is 6.42 Å². The van der Waals surface area contributed by atoms with Crippen molar-refractivity contribution in [3.63, 3.8) is 0 Å². The van der Waals surface area contributed by atoms with E-state index in [-0.39, 0.29) is 5.92 Å². The van der Waals surface area contributed by atoms with Gasteiger partial charge in [-0.3, -0.25) is 0 Å². The van der Waals surface area contributed by atoms with Gasteiger partial charge in [0.05, 0.1) is 0 Å². The van der Waals surface area contributed by atoms with Crippen LogP contribution in [0.4, 0.5) is 0 Å². The summed E-state index contributed by atoms with van der Waals surface area (Å²) in [6.45, 7) is 3.26. The Balaban J connectivity index is 1.52. The highest BCUT2D eigenvalue weighted by molar-refractivity contribution is 5.82. The first kappa shape index (κ1) is 12.5. The van der Waals surface area contributed by atoms with Crippen LogP contribution in [0, 0.1) is 5.92 Å². The summed E-state index contributed by atoms with van der Waals surface area (Å²) < 4.78 is 0. The third-order valence-corrected chi connectivity index (χ3v) is 4.56. The number of amidine groups is 1. The summed E-state index contributed by atoms with van der Waals surface area (Å²) >= 11 is 0. The molecule has 0 amide bonds. The third-order valence-electron chi connectivity index (χ3n) is 4.56. The Bertz CT molecular complexity index is 478. The molecule has 1 atom stereocenters. The molecule has 0 saturated carbocycles. The van der Waals surface area contributed by atoms with Gasteiger partial charge in [-0.05, 0) is 43.5 Å². The maximum atomic E-state index is 8.70. The Hall–Kier alpha value is -1.55. The van der Waals surface area contributed by atoms with Crippen molar-refractivity contribution in [1.29, 1.82) is 0 Å². The van der Waals surface area contributed by atoms with E-state index in [9.17, 15) is 0 Å². The van der Waals surface area contributed by atoms with Gasteiger partial charge >= 0.3 is 0 Å². The molecule has 1 aromatic carbocycles. The van der Waals surface area contributed by atoms with E-state index in [1.165, 1.54) is 17.5 Å². The quantitative estimate of drug-likeness (QED) is 0.376. The summed E-state index contributed by atoms with van der Waals surface area (Å²) in [4.78, 5) is 2.52. The molecule has 3 N–H and O–H groups in total. The van der Waals surface area contributed by atoms with E-state index < -0.39 is 0 Å². The lowest BCUT2D eigenvalue weighted by molar-refractivity contribution is 0.190. The number of hydrogen-bond donors (Lipinski definition) is 2. The molecule has 19 heavy (non-hydrogen) atoms. The fraction of sp³-hybridized carbons (Fsp3) is 0.533. The summed E-state index contributed by atoms with van der Waals surface area (Å²) in [5.41, 5.74) is 8.72. The fourth-order valence-corrected chi connectivity index (χ4v) is 3.33. The number of likely N-dealkylation sites (tertiary alicyclic amines) is 1. The topological polar surface area (TPSA) is 61.9 Å². The second-order valence-electron chi connectivity index (χ2n) is 5.70. The van der Waals surface area contributed by atoms with Crippen LogP contribution >= 0.6 is 0 Å².